The predicted molar refractivity (Wildman–Crippen MR) is 137 cm³/mol. The lowest BCUT2D eigenvalue weighted by Gasteiger charge is -2.35. The molecule has 0 aliphatic carbocycles. The Bertz CT molecular complexity index is 663. The molecule has 35 heavy (non-hydrogen) atoms. The zero-order valence-corrected chi connectivity index (χ0v) is 22.4. The lowest BCUT2D eigenvalue weighted by Crippen LogP contribution is -2.42. The van der Waals surface area contributed by atoms with Crippen molar-refractivity contribution in [2.45, 2.75) is 39.5 Å². The summed E-state index contributed by atoms with van der Waals surface area (Å²) in [5, 5.41) is 0. The largest absolute Gasteiger partial charge is 0.465 e. The molecule has 0 bridgehead atoms. The second-order valence-electron chi connectivity index (χ2n) is 8.09. The Labute approximate surface area is 218 Å². The van der Waals surface area contributed by atoms with Crippen molar-refractivity contribution in [1.29, 1.82) is 0 Å². The smallest absolute Gasteiger partial charge is 0.330 e. The Balaban J connectivity index is 5.52. The minimum Gasteiger partial charge on any atom is -0.465 e. The van der Waals surface area contributed by atoms with E-state index in [0.29, 0.717) is 24.3 Å². The SMILES string of the molecule is C=CC(=O)OCC(CC)(COCC(CC)(COC(=O)CCS)COC(=O)CCS)COC(=O)C=C. The fourth-order valence-electron chi connectivity index (χ4n) is 2.71. The van der Waals surface area contributed by atoms with Crippen LogP contribution in [0.15, 0.2) is 25.3 Å². The zero-order chi connectivity index (χ0) is 26.7. The fraction of sp³-hybridized carbons (Fsp3) is 0.667. The highest BCUT2D eigenvalue weighted by Crippen LogP contribution is 2.29. The Kier molecular flexibility index (Phi) is 17.3. The molecule has 0 unspecified atom stereocenters. The summed E-state index contributed by atoms with van der Waals surface area (Å²) in [7, 11) is 0. The number of carbonyl (C=O) groups excluding carboxylic acids is 4. The van der Waals surface area contributed by atoms with Gasteiger partial charge in [-0.2, -0.15) is 25.3 Å². The first kappa shape index (κ1) is 33.0. The minimum absolute atomic E-state index is 0.0275. The Morgan fingerprint density at radius 2 is 1.00 bits per heavy atom. The molecular weight excluding hydrogens is 496 g/mol. The molecular formula is C24H38O9S2. The maximum atomic E-state index is 11.9. The van der Waals surface area contributed by atoms with E-state index < -0.39 is 34.7 Å². The summed E-state index contributed by atoms with van der Waals surface area (Å²) < 4.78 is 27.3. The number of esters is 4. The molecule has 0 aliphatic heterocycles. The molecule has 200 valence electrons. The average molecular weight is 535 g/mol. The number of rotatable bonds is 20. The average Bonchev–Trinajstić information content (AvgIpc) is 2.86. The standard InChI is InChI=1S/C24H38O9S2/c1-5-19(25)30-15-23(7-3,16-31-20(26)6-2)13-29-14-24(8-4,17-32-21(27)9-11-34)18-33-22(28)10-12-35/h5-6,34-35H,1-2,7-18H2,3-4H3. The summed E-state index contributed by atoms with van der Waals surface area (Å²) in [6, 6.07) is 0. The third-order valence-corrected chi connectivity index (χ3v) is 5.85. The highest BCUT2D eigenvalue weighted by Gasteiger charge is 2.36. The number of thiol groups is 2. The fourth-order valence-corrected chi connectivity index (χ4v) is 3.07. The molecule has 0 amide bonds. The quantitative estimate of drug-likeness (QED) is 0.105. The van der Waals surface area contributed by atoms with E-state index in [1.54, 1.807) is 0 Å². The molecule has 0 saturated carbocycles. The summed E-state index contributed by atoms with van der Waals surface area (Å²) in [4.78, 5) is 47.2. The summed E-state index contributed by atoms with van der Waals surface area (Å²) in [5.74, 6) is -1.39. The molecule has 0 aromatic heterocycles. The van der Waals surface area contributed by atoms with Crippen molar-refractivity contribution in [1.82, 2.24) is 0 Å². The van der Waals surface area contributed by atoms with Crippen molar-refractivity contribution in [3.63, 3.8) is 0 Å². The minimum atomic E-state index is -0.845. The van der Waals surface area contributed by atoms with Gasteiger partial charge in [-0.15, -0.1) is 0 Å². The first-order valence-corrected chi connectivity index (χ1v) is 12.6. The van der Waals surface area contributed by atoms with E-state index in [0.717, 1.165) is 12.2 Å². The molecule has 0 fully saturated rings. The van der Waals surface area contributed by atoms with E-state index >= 15 is 0 Å². The van der Waals surface area contributed by atoms with Gasteiger partial charge in [0.2, 0.25) is 0 Å². The zero-order valence-electron chi connectivity index (χ0n) is 20.6. The van der Waals surface area contributed by atoms with E-state index in [4.69, 9.17) is 23.7 Å². The molecule has 0 aromatic carbocycles. The van der Waals surface area contributed by atoms with Crippen molar-refractivity contribution < 1.29 is 42.9 Å². The van der Waals surface area contributed by atoms with Crippen LogP contribution < -0.4 is 0 Å². The van der Waals surface area contributed by atoms with Gasteiger partial charge >= 0.3 is 23.9 Å². The van der Waals surface area contributed by atoms with Gasteiger partial charge in [0.15, 0.2) is 0 Å². The van der Waals surface area contributed by atoms with Gasteiger partial charge in [-0.25, -0.2) is 9.59 Å². The molecule has 0 rings (SSSR count). The van der Waals surface area contributed by atoms with Gasteiger partial charge in [-0.3, -0.25) is 9.59 Å². The van der Waals surface area contributed by atoms with E-state index in [2.05, 4.69) is 38.4 Å². The van der Waals surface area contributed by atoms with Crippen molar-refractivity contribution in [2.75, 3.05) is 51.1 Å². The number of hydrogen-bond donors (Lipinski definition) is 2. The van der Waals surface area contributed by atoms with Crippen LogP contribution in [0.5, 0.6) is 0 Å². The molecule has 0 atom stereocenters. The molecule has 0 heterocycles. The van der Waals surface area contributed by atoms with Crippen molar-refractivity contribution in [2.24, 2.45) is 10.8 Å². The molecule has 0 aliphatic rings. The van der Waals surface area contributed by atoms with Crippen LogP contribution in [-0.2, 0) is 42.9 Å². The highest BCUT2D eigenvalue weighted by molar-refractivity contribution is 7.80. The van der Waals surface area contributed by atoms with Gasteiger partial charge in [-0.05, 0) is 12.8 Å². The lowest BCUT2D eigenvalue weighted by molar-refractivity contribution is -0.161. The summed E-state index contributed by atoms with van der Waals surface area (Å²) in [6.45, 7) is 10.4. The van der Waals surface area contributed by atoms with Crippen LogP contribution in [0.4, 0.5) is 0 Å². The van der Waals surface area contributed by atoms with E-state index in [1.165, 1.54) is 0 Å². The molecule has 11 heteroatoms. The third kappa shape index (κ3) is 13.6. The van der Waals surface area contributed by atoms with Crippen LogP contribution in [0.25, 0.3) is 0 Å². The second kappa shape index (κ2) is 18.3. The van der Waals surface area contributed by atoms with Gasteiger partial charge in [0.1, 0.15) is 26.4 Å². The highest BCUT2D eigenvalue weighted by atomic mass is 32.1. The normalized spacial score (nSPS) is 11.3. The van der Waals surface area contributed by atoms with Gasteiger partial charge in [0.25, 0.3) is 0 Å². The molecule has 0 spiro atoms. The van der Waals surface area contributed by atoms with Gasteiger partial charge in [-0.1, -0.05) is 27.0 Å². The van der Waals surface area contributed by atoms with E-state index in [1.807, 2.05) is 13.8 Å². The summed E-state index contributed by atoms with van der Waals surface area (Å²) in [5.41, 5.74) is -1.66. The number of hydrogen-bond acceptors (Lipinski definition) is 11. The van der Waals surface area contributed by atoms with E-state index in [-0.39, 0.29) is 52.5 Å². The molecule has 9 nitrogen and oxygen atoms in total. The van der Waals surface area contributed by atoms with Crippen LogP contribution in [0.3, 0.4) is 0 Å². The maximum Gasteiger partial charge on any atom is 0.330 e. The lowest BCUT2D eigenvalue weighted by atomic mass is 9.86. The predicted octanol–water partition coefficient (Wildman–Crippen LogP) is 2.98. The Morgan fingerprint density at radius 3 is 1.29 bits per heavy atom. The van der Waals surface area contributed by atoms with Crippen molar-refractivity contribution in [3.05, 3.63) is 25.3 Å². The van der Waals surface area contributed by atoms with E-state index in [9.17, 15) is 19.2 Å². The second-order valence-corrected chi connectivity index (χ2v) is 8.99. The van der Waals surface area contributed by atoms with Crippen LogP contribution in [0, 0.1) is 10.8 Å². The van der Waals surface area contributed by atoms with Crippen LogP contribution in [-0.4, -0.2) is 75.0 Å². The third-order valence-electron chi connectivity index (χ3n) is 5.40. The van der Waals surface area contributed by atoms with Crippen LogP contribution >= 0.6 is 25.3 Å². The molecule has 0 saturated heterocycles. The van der Waals surface area contributed by atoms with Crippen LogP contribution in [0.1, 0.15) is 39.5 Å². The first-order chi connectivity index (χ1) is 16.6. The first-order valence-electron chi connectivity index (χ1n) is 11.3. The van der Waals surface area contributed by atoms with Crippen molar-refractivity contribution in [3.8, 4) is 0 Å². The van der Waals surface area contributed by atoms with Gasteiger partial charge in [0, 0.05) is 23.7 Å². The van der Waals surface area contributed by atoms with Crippen molar-refractivity contribution >= 4 is 49.1 Å². The monoisotopic (exact) mass is 534 g/mol. The summed E-state index contributed by atoms with van der Waals surface area (Å²) in [6.07, 6.45) is 3.30. The van der Waals surface area contributed by atoms with Gasteiger partial charge in [0.05, 0.1) is 36.9 Å². The number of ether oxygens (including phenoxy) is 5. The topological polar surface area (TPSA) is 114 Å². The number of carbonyl (C=O) groups is 4. The maximum absolute atomic E-state index is 11.9. The molecule has 0 N–H and O–H groups in total. The van der Waals surface area contributed by atoms with Crippen LogP contribution in [0.2, 0.25) is 0 Å². The summed E-state index contributed by atoms with van der Waals surface area (Å²) >= 11 is 8.07. The Morgan fingerprint density at radius 1 is 0.657 bits per heavy atom. The Hall–Kier alpha value is -1.98. The van der Waals surface area contributed by atoms with Gasteiger partial charge < -0.3 is 23.7 Å². The molecule has 0 aromatic rings. The molecule has 0 radical (unpaired) electrons.